The molecule has 1 fully saturated rings. The summed E-state index contributed by atoms with van der Waals surface area (Å²) < 4.78 is 71.9. The second-order valence-corrected chi connectivity index (χ2v) is 23.7. The first kappa shape index (κ1) is 73.7. The predicted octanol–water partition coefficient (Wildman–Crippen LogP) is 15.4. The molecule has 0 spiro atoms. The Morgan fingerprint density at radius 2 is 0.826 bits per heavy atom. The summed E-state index contributed by atoms with van der Waals surface area (Å²) in [5.41, 5.74) is 28.4. The van der Waals surface area contributed by atoms with Gasteiger partial charge in [0.25, 0.3) is 12.0 Å². The molecule has 11 rings (SSSR count). The second kappa shape index (κ2) is 31.5. The van der Waals surface area contributed by atoms with E-state index in [2.05, 4.69) is 83.6 Å². The first-order valence-electron chi connectivity index (χ1n) is 30.0. The Kier molecular flexibility index (Phi) is 25.2. The topological polar surface area (TPSA) is 313 Å². The molecule has 0 radical (unpaired) electrons. The van der Waals surface area contributed by atoms with Crippen molar-refractivity contribution in [1.82, 2.24) is 45.7 Å². The number of halogens is 2. The third-order valence-corrected chi connectivity index (χ3v) is 16.2. The van der Waals surface area contributed by atoms with E-state index in [0.717, 1.165) is 138 Å². The molecule has 0 aliphatic carbocycles. The molecule has 0 saturated carbocycles. The predicted molar refractivity (Wildman–Crippen MR) is 363 cm³/mol. The number of imidazole rings is 2. The fourth-order valence-corrected chi connectivity index (χ4v) is 11.1. The Morgan fingerprint density at radius 3 is 1.20 bits per heavy atom. The maximum Gasteiger partial charge on any atom is 0.500 e. The fraction of sp³-hybridized carbons (Fsp3) is 0.462. The molecule has 92 heavy (non-hydrogen) atoms. The Balaban J connectivity index is 0.000000186. The van der Waals surface area contributed by atoms with Gasteiger partial charge in [0.05, 0.1) is 102 Å². The summed E-state index contributed by atoms with van der Waals surface area (Å²) in [4.78, 5) is 15.4. The number of rotatable bonds is 17. The van der Waals surface area contributed by atoms with Crippen LogP contribution < -0.4 is 26.4 Å². The summed E-state index contributed by atoms with van der Waals surface area (Å²) in [7, 11) is -0.378. The summed E-state index contributed by atoms with van der Waals surface area (Å²) in [6.45, 7) is 41.6. The number of benzene rings is 3. The number of nitrogen functional groups attached to an aromatic ring is 2. The summed E-state index contributed by atoms with van der Waals surface area (Å²) in [5, 5.41) is 20.0. The number of nitrogens with zero attached hydrogens (tertiary/aromatic N) is 7. The van der Waals surface area contributed by atoms with E-state index in [1.165, 1.54) is 0 Å². The number of aromatic amines is 2. The average Bonchev–Trinajstić information content (AvgIpc) is 1.64. The van der Waals surface area contributed by atoms with Gasteiger partial charge in [-0.3, -0.25) is 0 Å². The lowest BCUT2D eigenvalue weighted by molar-refractivity contribution is -0.495. The monoisotopic (exact) mass is 1400 g/mol. The molecule has 24 nitrogen and oxygen atoms in total. The summed E-state index contributed by atoms with van der Waals surface area (Å²) in [6.07, 6.45) is -1.30. The van der Waals surface area contributed by atoms with Gasteiger partial charge in [-0.05, 0) is 223 Å². The van der Waals surface area contributed by atoms with Crippen molar-refractivity contribution in [3.63, 3.8) is 0 Å². The standard InChI is InChI=1S/C19H20N4O3.C14H14BrN3O2.C11H18BNO3.C11H12BrN3O.C9H20O4.CH4/c1-6-24-19-20-15-8-13(16-9(2)22-25-11(16)4)7-14(18(15)21-19)17-10(3)23-26-12(17)5;1-4-19-14-16-11-6-9(5-10(15)13(11)17-14)12-7(2)18-20-8(12)3;1-7-9(8(2)14-13-7)12-15-10(3,4)11(5,6)16-12;1-5-10(6(2)16-15-5)7-3-8(12)11(14)9(13)4-7;1-5-10-9(11-6-2,12-7-3)13-8-4;/h7-8H,6H2,1-5H3,(H,20,21);5-6H,4H2,1-3H3,(H,16,17);1-6H3;3-4H,13-14H2,1-2H3;5-8H2,1-4H3;1H4. The summed E-state index contributed by atoms with van der Waals surface area (Å²) in [6, 6.07) is 12.9. The number of aryl methyl sites for hydroxylation is 10. The maximum atomic E-state index is 5.95. The van der Waals surface area contributed by atoms with E-state index in [-0.39, 0.29) is 25.7 Å². The van der Waals surface area contributed by atoms with Gasteiger partial charge in [-0.1, -0.05) is 33.2 Å². The van der Waals surface area contributed by atoms with Crippen LogP contribution in [0.25, 0.3) is 66.6 Å². The zero-order valence-electron chi connectivity index (χ0n) is 55.6. The molecule has 6 N–H and O–H groups in total. The zero-order valence-corrected chi connectivity index (χ0v) is 58.8. The molecule has 3 aromatic carbocycles. The lowest BCUT2D eigenvalue weighted by Gasteiger charge is -2.32. The Morgan fingerprint density at radius 1 is 0.467 bits per heavy atom. The van der Waals surface area contributed by atoms with Crippen LogP contribution in [0.2, 0.25) is 0 Å². The van der Waals surface area contributed by atoms with Crippen LogP contribution in [0.1, 0.15) is 134 Å². The molecule has 0 bridgehead atoms. The van der Waals surface area contributed by atoms with E-state index in [1.54, 1.807) is 0 Å². The van der Waals surface area contributed by atoms with E-state index in [0.29, 0.717) is 63.0 Å². The van der Waals surface area contributed by atoms with E-state index >= 15 is 0 Å². The fourth-order valence-electron chi connectivity index (χ4n) is 10.1. The van der Waals surface area contributed by atoms with Crippen LogP contribution in [0.4, 0.5) is 11.4 Å². The van der Waals surface area contributed by atoms with Crippen LogP contribution >= 0.6 is 31.9 Å². The summed E-state index contributed by atoms with van der Waals surface area (Å²) in [5.74, 6) is 3.86. The van der Waals surface area contributed by atoms with Crippen LogP contribution in [0.15, 0.2) is 68.0 Å². The van der Waals surface area contributed by atoms with Gasteiger partial charge in [0, 0.05) is 42.2 Å². The third kappa shape index (κ3) is 16.5. The van der Waals surface area contributed by atoms with E-state index in [9.17, 15) is 0 Å². The van der Waals surface area contributed by atoms with Gasteiger partial charge in [-0.15, -0.1) is 0 Å². The maximum absolute atomic E-state index is 5.95. The minimum atomic E-state index is -1.30. The lowest BCUT2D eigenvalue weighted by Crippen LogP contribution is -2.42. The Labute approximate surface area is 554 Å². The van der Waals surface area contributed by atoms with Crippen molar-refractivity contribution < 1.29 is 60.3 Å². The first-order valence-corrected chi connectivity index (χ1v) is 31.6. The molecular weight excluding hydrogens is 1310 g/mol. The van der Waals surface area contributed by atoms with Crippen molar-refractivity contribution in [2.75, 3.05) is 51.1 Å². The number of nitrogens with one attached hydrogen (secondary N) is 2. The number of fused-ring (bicyclic) bond motifs is 2. The molecule has 27 heteroatoms. The molecule has 0 atom stereocenters. The molecule has 10 aromatic rings. The van der Waals surface area contributed by atoms with Crippen molar-refractivity contribution >= 4 is 77.9 Å². The van der Waals surface area contributed by atoms with Gasteiger partial charge in [-0.25, -0.2) is 0 Å². The molecule has 1 saturated heterocycles. The molecule has 8 heterocycles. The number of H-pyrrole nitrogens is 2. The quantitative estimate of drug-likeness (QED) is 0.0374. The molecule has 7 aromatic heterocycles. The van der Waals surface area contributed by atoms with Crippen molar-refractivity contribution in [3.8, 4) is 56.5 Å². The highest BCUT2D eigenvalue weighted by atomic mass is 79.9. The van der Waals surface area contributed by atoms with E-state index < -0.39 is 6.16 Å². The highest BCUT2D eigenvalue weighted by molar-refractivity contribution is 9.11. The van der Waals surface area contributed by atoms with Gasteiger partial charge in [0.2, 0.25) is 0 Å². The van der Waals surface area contributed by atoms with Gasteiger partial charge < -0.3 is 81.8 Å². The minimum Gasteiger partial charge on any atom is -0.465 e. The smallest absolute Gasteiger partial charge is 0.465 e. The van der Waals surface area contributed by atoms with E-state index in [4.69, 9.17) is 71.8 Å². The lowest BCUT2D eigenvalue weighted by atomic mass is 9.77. The van der Waals surface area contributed by atoms with Gasteiger partial charge in [0.1, 0.15) is 39.8 Å². The van der Waals surface area contributed by atoms with Crippen LogP contribution in [0, 0.1) is 69.2 Å². The largest absolute Gasteiger partial charge is 0.500 e. The SMILES string of the molecule is C.CCOC(OCC)(OCC)OCC.CCOc1nc2c(-c3c(C)noc3C)cc(-c3c(C)noc3C)cc2[nH]1.CCOc1nc2c(Br)cc(-c3c(C)noc3C)cc2[nH]1.Cc1noc(C)c1-c1cc(N)c(N)c(Br)c1.Cc1noc(C)c1B1OC(C)(C)C(C)(C)O1. The number of anilines is 2. The van der Waals surface area contributed by atoms with Gasteiger partial charge in [0.15, 0.2) is 0 Å². The first-order chi connectivity index (χ1) is 43.1. The minimum absolute atomic E-state index is 0. The average molecular weight is 1400 g/mol. The van der Waals surface area contributed by atoms with Crippen molar-refractivity contribution in [2.45, 2.75) is 163 Å². The molecule has 0 amide bonds. The van der Waals surface area contributed by atoms with Gasteiger partial charge in [-0.2, -0.15) is 9.97 Å². The van der Waals surface area contributed by atoms with E-state index in [1.807, 2.05) is 169 Å². The van der Waals surface area contributed by atoms with Crippen LogP contribution in [0.3, 0.4) is 0 Å². The Hall–Kier alpha value is -7.37. The molecular formula is C65H88BBr2N11O13. The van der Waals surface area contributed by atoms with Crippen molar-refractivity contribution in [3.05, 3.63) is 103 Å². The number of hydrogen-bond acceptors (Lipinski definition) is 22. The molecule has 1 aliphatic heterocycles. The highest BCUT2D eigenvalue weighted by Crippen LogP contribution is 2.41. The molecule has 0 unspecified atom stereocenters. The third-order valence-electron chi connectivity index (χ3n) is 14.9. The molecule has 498 valence electrons. The van der Waals surface area contributed by atoms with Crippen LogP contribution in [-0.2, 0) is 28.3 Å². The Bertz CT molecular complexity index is 3900. The number of aromatic nitrogens is 9. The normalized spacial score (nSPS) is 13.2. The van der Waals surface area contributed by atoms with Gasteiger partial charge >= 0.3 is 13.3 Å². The molecule has 1 aliphatic rings. The van der Waals surface area contributed by atoms with Crippen molar-refractivity contribution in [2.24, 2.45) is 0 Å². The number of hydrogen-bond donors (Lipinski definition) is 4. The second-order valence-electron chi connectivity index (χ2n) is 22.0. The van der Waals surface area contributed by atoms with Crippen molar-refractivity contribution in [1.29, 1.82) is 0 Å². The zero-order chi connectivity index (χ0) is 66.9. The number of ether oxygens (including phenoxy) is 6. The van der Waals surface area contributed by atoms with Crippen LogP contribution in [0.5, 0.6) is 12.0 Å². The highest BCUT2D eigenvalue weighted by Gasteiger charge is 2.53. The number of nitrogens with two attached hydrogens (primary N) is 2. The van der Waals surface area contributed by atoms with Crippen LogP contribution in [-0.4, -0.2) is 110 Å². The summed E-state index contributed by atoms with van der Waals surface area (Å²) >= 11 is 6.93.